The van der Waals surface area contributed by atoms with E-state index < -0.39 is 10.0 Å². The van der Waals surface area contributed by atoms with Crippen LogP contribution < -0.4 is 4.72 Å². The van der Waals surface area contributed by atoms with Crippen LogP contribution in [0, 0.1) is 6.92 Å². The zero-order chi connectivity index (χ0) is 18.7. The summed E-state index contributed by atoms with van der Waals surface area (Å²) in [4.78, 5) is 12.0. The van der Waals surface area contributed by atoms with Crippen molar-refractivity contribution in [3.05, 3.63) is 47.3 Å². The minimum Gasteiger partial charge on any atom is -0.465 e. The molecular formula is C18H23N3O4S. The third-order valence-electron chi connectivity index (χ3n) is 4.44. The molecule has 140 valence electrons. The van der Waals surface area contributed by atoms with Gasteiger partial charge >= 0.3 is 5.97 Å². The fourth-order valence-electron chi connectivity index (χ4n) is 3.24. The first-order chi connectivity index (χ1) is 12.4. The fourth-order valence-corrected chi connectivity index (χ4v) is 4.60. The smallest absolute Gasteiger partial charge is 0.327 e. The van der Waals surface area contributed by atoms with Crippen molar-refractivity contribution in [1.29, 1.82) is 0 Å². The van der Waals surface area contributed by atoms with Gasteiger partial charge in [-0.2, -0.15) is 5.10 Å². The van der Waals surface area contributed by atoms with Gasteiger partial charge in [-0.05, 0) is 50.8 Å². The molecule has 0 aliphatic heterocycles. The second-order valence-corrected chi connectivity index (χ2v) is 8.11. The highest BCUT2D eigenvalue weighted by molar-refractivity contribution is 7.89. The summed E-state index contributed by atoms with van der Waals surface area (Å²) >= 11 is 0. The normalized spacial score (nSPS) is 16.9. The molecule has 1 atom stereocenters. The lowest BCUT2D eigenvalue weighted by atomic mass is 9.94. The molecule has 1 aliphatic carbocycles. The number of hydrogen-bond donors (Lipinski definition) is 1. The van der Waals surface area contributed by atoms with Crippen molar-refractivity contribution in [2.45, 2.75) is 50.6 Å². The fraction of sp³-hybridized carbons (Fsp3) is 0.444. The molecule has 0 saturated carbocycles. The van der Waals surface area contributed by atoms with E-state index in [1.54, 1.807) is 36.0 Å². The summed E-state index contributed by atoms with van der Waals surface area (Å²) in [6, 6.07) is 6.48. The van der Waals surface area contributed by atoms with E-state index in [9.17, 15) is 13.2 Å². The summed E-state index contributed by atoms with van der Waals surface area (Å²) in [7, 11) is -3.63. The lowest BCUT2D eigenvalue weighted by molar-refractivity contribution is -0.144. The molecule has 7 nitrogen and oxygen atoms in total. The molecule has 0 amide bonds. The van der Waals surface area contributed by atoms with Crippen molar-refractivity contribution in [1.82, 2.24) is 14.5 Å². The number of sulfonamides is 1. The molecule has 26 heavy (non-hydrogen) atoms. The van der Waals surface area contributed by atoms with Gasteiger partial charge in [0.05, 0.1) is 23.7 Å². The molecular weight excluding hydrogens is 354 g/mol. The molecule has 0 radical (unpaired) electrons. The highest BCUT2D eigenvalue weighted by atomic mass is 32.2. The molecule has 0 spiro atoms. The number of rotatable bonds is 6. The molecule has 8 heteroatoms. The predicted molar refractivity (Wildman–Crippen MR) is 96.0 cm³/mol. The van der Waals surface area contributed by atoms with Gasteiger partial charge in [-0.15, -0.1) is 0 Å². The number of carbonyl (C=O) groups excluding carboxylic acids is 1. The molecule has 1 heterocycles. The maximum absolute atomic E-state index is 12.7. The second-order valence-electron chi connectivity index (χ2n) is 6.39. The minimum atomic E-state index is -3.63. The first-order valence-electron chi connectivity index (χ1n) is 8.70. The Kier molecular flexibility index (Phi) is 5.43. The number of ether oxygens (including phenoxy) is 1. The van der Waals surface area contributed by atoms with Crippen LogP contribution in [0.3, 0.4) is 0 Å². The van der Waals surface area contributed by atoms with Crippen molar-refractivity contribution < 1.29 is 17.9 Å². The number of carbonyl (C=O) groups is 1. The summed E-state index contributed by atoms with van der Waals surface area (Å²) in [5, 5.41) is 4.27. The Labute approximate surface area is 153 Å². The lowest BCUT2D eigenvalue weighted by Gasteiger charge is -2.24. The first kappa shape index (κ1) is 18.6. The van der Waals surface area contributed by atoms with Crippen molar-refractivity contribution in [3.63, 3.8) is 0 Å². The molecule has 0 fully saturated rings. The molecule has 2 aromatic rings. The van der Waals surface area contributed by atoms with Crippen LogP contribution in [0.2, 0.25) is 0 Å². The molecule has 3 rings (SSSR count). The maximum Gasteiger partial charge on any atom is 0.327 e. The van der Waals surface area contributed by atoms with Gasteiger partial charge in [-0.3, -0.25) is 9.48 Å². The van der Waals surface area contributed by atoms with E-state index >= 15 is 0 Å². The van der Waals surface area contributed by atoms with E-state index in [1.165, 1.54) is 0 Å². The third kappa shape index (κ3) is 3.96. The summed E-state index contributed by atoms with van der Waals surface area (Å²) in [6.45, 7) is 3.98. The number of esters is 1. The van der Waals surface area contributed by atoms with Crippen molar-refractivity contribution in [2.75, 3.05) is 6.61 Å². The predicted octanol–water partition coefficient (Wildman–Crippen LogP) is 2.11. The van der Waals surface area contributed by atoms with Gasteiger partial charge < -0.3 is 4.74 Å². The van der Waals surface area contributed by atoms with E-state index in [0.29, 0.717) is 13.0 Å². The average Bonchev–Trinajstić information content (AvgIpc) is 2.99. The zero-order valence-electron chi connectivity index (χ0n) is 14.9. The standard InChI is InChI=1S/C18H23N3O4S/c1-3-25-18(22)12-21-17-9-5-8-16(15(17)11-19-21)20-26(23,24)14-7-4-6-13(2)10-14/h4,6-7,10-11,16,20H,3,5,8-9,12H2,1-2H3. The van der Waals surface area contributed by atoms with E-state index in [-0.39, 0.29) is 23.5 Å². The topological polar surface area (TPSA) is 90.3 Å². The molecule has 1 unspecified atom stereocenters. The number of aryl methyl sites for hydroxylation is 1. The molecule has 0 saturated heterocycles. The highest BCUT2D eigenvalue weighted by Gasteiger charge is 2.29. The van der Waals surface area contributed by atoms with Crippen LogP contribution in [0.4, 0.5) is 0 Å². The quantitative estimate of drug-likeness (QED) is 0.779. The third-order valence-corrected chi connectivity index (χ3v) is 5.91. The van der Waals surface area contributed by atoms with Crippen LogP contribution in [0.15, 0.2) is 35.4 Å². The monoisotopic (exact) mass is 377 g/mol. The van der Waals surface area contributed by atoms with Crippen LogP contribution >= 0.6 is 0 Å². The van der Waals surface area contributed by atoms with Crippen LogP contribution in [0.1, 0.15) is 42.6 Å². The van der Waals surface area contributed by atoms with E-state index in [4.69, 9.17) is 4.74 Å². The number of aromatic nitrogens is 2. The number of nitrogens with one attached hydrogen (secondary N) is 1. The minimum absolute atomic E-state index is 0.0422. The highest BCUT2D eigenvalue weighted by Crippen LogP contribution is 2.31. The van der Waals surface area contributed by atoms with Gasteiger partial charge in [-0.1, -0.05) is 12.1 Å². The average molecular weight is 377 g/mol. The van der Waals surface area contributed by atoms with Gasteiger partial charge in [0.15, 0.2) is 0 Å². The first-order valence-corrected chi connectivity index (χ1v) is 10.2. The van der Waals surface area contributed by atoms with Gasteiger partial charge in [-0.25, -0.2) is 13.1 Å². The summed E-state index contributed by atoms with van der Waals surface area (Å²) < 4.78 is 34.8. The number of hydrogen-bond acceptors (Lipinski definition) is 5. The van der Waals surface area contributed by atoms with E-state index in [0.717, 1.165) is 29.7 Å². The maximum atomic E-state index is 12.7. The second kappa shape index (κ2) is 7.59. The molecule has 1 N–H and O–H groups in total. The number of fused-ring (bicyclic) bond motifs is 1. The molecule has 1 aromatic carbocycles. The Morgan fingerprint density at radius 2 is 2.23 bits per heavy atom. The summed E-state index contributed by atoms with van der Waals surface area (Å²) in [5.41, 5.74) is 2.61. The van der Waals surface area contributed by atoms with E-state index in [2.05, 4.69) is 9.82 Å². The Morgan fingerprint density at radius 1 is 1.42 bits per heavy atom. The molecule has 1 aliphatic rings. The van der Waals surface area contributed by atoms with Crippen LogP contribution in [0.5, 0.6) is 0 Å². The Balaban J connectivity index is 1.82. The lowest BCUT2D eigenvalue weighted by Crippen LogP contribution is -2.31. The van der Waals surface area contributed by atoms with Gasteiger partial charge in [0.25, 0.3) is 0 Å². The van der Waals surface area contributed by atoms with Crippen molar-refractivity contribution in [2.24, 2.45) is 0 Å². The van der Waals surface area contributed by atoms with Crippen LogP contribution in [-0.4, -0.2) is 30.8 Å². The zero-order valence-corrected chi connectivity index (χ0v) is 15.8. The van der Waals surface area contributed by atoms with Crippen molar-refractivity contribution >= 4 is 16.0 Å². The van der Waals surface area contributed by atoms with Crippen LogP contribution in [-0.2, 0) is 32.5 Å². The van der Waals surface area contributed by atoms with Gasteiger partial charge in [0.2, 0.25) is 10.0 Å². The Morgan fingerprint density at radius 3 is 2.96 bits per heavy atom. The number of nitrogens with zero attached hydrogens (tertiary/aromatic N) is 2. The van der Waals surface area contributed by atoms with E-state index in [1.807, 2.05) is 13.0 Å². The molecule has 0 bridgehead atoms. The van der Waals surface area contributed by atoms with Crippen molar-refractivity contribution in [3.8, 4) is 0 Å². The molecule has 1 aromatic heterocycles. The Hall–Kier alpha value is -2.19. The van der Waals surface area contributed by atoms with Gasteiger partial charge in [0, 0.05) is 11.3 Å². The van der Waals surface area contributed by atoms with Gasteiger partial charge in [0.1, 0.15) is 6.54 Å². The summed E-state index contributed by atoms with van der Waals surface area (Å²) in [5.74, 6) is -0.346. The number of benzene rings is 1. The van der Waals surface area contributed by atoms with Crippen LogP contribution in [0.25, 0.3) is 0 Å². The largest absolute Gasteiger partial charge is 0.465 e. The SMILES string of the molecule is CCOC(=O)Cn1ncc2c1CCCC2NS(=O)(=O)c1cccc(C)c1. The Bertz CT molecular complexity index is 905. The summed E-state index contributed by atoms with van der Waals surface area (Å²) in [6.07, 6.45) is 3.93.